The fourth-order valence-corrected chi connectivity index (χ4v) is 5.09. The Morgan fingerprint density at radius 1 is 1.17 bits per heavy atom. The molecule has 2 heterocycles. The van der Waals surface area contributed by atoms with Gasteiger partial charge in [0.25, 0.3) is 0 Å². The van der Waals surface area contributed by atoms with Crippen LogP contribution in [0.15, 0.2) is 36.4 Å². The Morgan fingerprint density at radius 3 is 2.67 bits per heavy atom. The van der Waals surface area contributed by atoms with Gasteiger partial charge in [-0.15, -0.1) is 0 Å². The smallest absolute Gasteiger partial charge is 0.416 e. The number of benzene rings is 2. The molecule has 4 nitrogen and oxygen atoms in total. The average Bonchev–Trinajstić information content (AvgIpc) is 3.10. The van der Waals surface area contributed by atoms with Crippen molar-refractivity contribution in [2.75, 3.05) is 24.5 Å². The van der Waals surface area contributed by atoms with Crippen LogP contribution >= 0.6 is 11.3 Å². The molecule has 3 aromatic rings. The summed E-state index contributed by atoms with van der Waals surface area (Å²) in [6.07, 6.45) is -3.39. The standard InChI is InChI=1S/C22H24F3N3OS/c1-3-17-13-28(7-6-27(17)12-15-8-14(2)9-18(29)10-15)21-26-19-5-4-16(22(23,24)25)11-20(19)30-21/h4-5,8-11,17,29H,3,6-7,12-13H2,1-2H3/t17-/m1/s1. The molecule has 0 bridgehead atoms. The van der Waals surface area contributed by atoms with Crippen molar-refractivity contribution >= 4 is 26.7 Å². The first-order valence-electron chi connectivity index (χ1n) is 9.99. The number of aromatic nitrogens is 1. The van der Waals surface area contributed by atoms with Gasteiger partial charge in [0.2, 0.25) is 0 Å². The second-order valence-corrected chi connectivity index (χ2v) is 8.84. The number of phenols is 1. The summed E-state index contributed by atoms with van der Waals surface area (Å²) in [5, 5.41) is 10.6. The van der Waals surface area contributed by atoms with E-state index in [0.29, 0.717) is 16.3 Å². The third-order valence-electron chi connectivity index (χ3n) is 5.56. The SMILES string of the molecule is CC[C@@H]1CN(c2nc3ccc(C(F)(F)F)cc3s2)CCN1Cc1cc(C)cc(O)c1. The fraction of sp³-hybridized carbons (Fsp3) is 0.409. The fourth-order valence-electron chi connectivity index (χ4n) is 4.05. The Morgan fingerprint density at radius 2 is 1.97 bits per heavy atom. The van der Waals surface area contributed by atoms with Crippen LogP contribution in [0.3, 0.4) is 0 Å². The summed E-state index contributed by atoms with van der Waals surface area (Å²) in [5.41, 5.74) is 2.08. The molecule has 0 radical (unpaired) electrons. The summed E-state index contributed by atoms with van der Waals surface area (Å²) in [6, 6.07) is 9.68. The number of piperazine rings is 1. The maximum atomic E-state index is 13.0. The Balaban J connectivity index is 1.51. The molecule has 2 aromatic carbocycles. The van der Waals surface area contributed by atoms with Gasteiger partial charge in [-0.1, -0.05) is 24.3 Å². The predicted molar refractivity (Wildman–Crippen MR) is 114 cm³/mol. The summed E-state index contributed by atoms with van der Waals surface area (Å²) < 4.78 is 39.6. The van der Waals surface area contributed by atoms with E-state index in [4.69, 9.17) is 0 Å². The molecule has 1 aliphatic heterocycles. The topological polar surface area (TPSA) is 39.6 Å². The van der Waals surface area contributed by atoms with E-state index in [1.807, 2.05) is 6.92 Å². The van der Waals surface area contributed by atoms with Gasteiger partial charge >= 0.3 is 6.18 Å². The molecule has 0 aliphatic carbocycles. The molecule has 4 rings (SSSR count). The molecule has 1 fully saturated rings. The number of halogens is 3. The van der Waals surface area contributed by atoms with Crippen molar-refractivity contribution in [1.82, 2.24) is 9.88 Å². The average molecular weight is 436 g/mol. The first-order chi connectivity index (χ1) is 14.2. The highest BCUT2D eigenvalue weighted by molar-refractivity contribution is 7.22. The minimum Gasteiger partial charge on any atom is -0.508 e. The van der Waals surface area contributed by atoms with Crippen LogP contribution in [0, 0.1) is 6.92 Å². The zero-order valence-corrected chi connectivity index (χ0v) is 17.7. The second kappa shape index (κ2) is 8.07. The van der Waals surface area contributed by atoms with Crippen molar-refractivity contribution in [3.8, 4) is 5.75 Å². The van der Waals surface area contributed by atoms with Crippen LogP contribution in [0.25, 0.3) is 10.2 Å². The number of hydrogen-bond donors (Lipinski definition) is 1. The molecule has 1 saturated heterocycles. The number of anilines is 1. The van der Waals surface area contributed by atoms with Crippen LogP contribution < -0.4 is 4.90 Å². The Hall–Kier alpha value is -2.32. The summed E-state index contributed by atoms with van der Waals surface area (Å²) in [6.45, 7) is 7.24. The van der Waals surface area contributed by atoms with Gasteiger partial charge in [0.1, 0.15) is 5.75 Å². The van der Waals surface area contributed by atoms with Crippen molar-refractivity contribution in [1.29, 1.82) is 0 Å². The maximum Gasteiger partial charge on any atom is 0.416 e. The van der Waals surface area contributed by atoms with Crippen molar-refractivity contribution in [2.24, 2.45) is 0 Å². The molecule has 8 heteroatoms. The molecular formula is C22H24F3N3OS. The number of aromatic hydroxyl groups is 1. The van der Waals surface area contributed by atoms with Crippen molar-refractivity contribution in [3.05, 3.63) is 53.1 Å². The van der Waals surface area contributed by atoms with Gasteiger partial charge in [0.15, 0.2) is 5.13 Å². The van der Waals surface area contributed by atoms with Gasteiger partial charge in [-0.25, -0.2) is 4.98 Å². The molecule has 30 heavy (non-hydrogen) atoms. The molecule has 1 atom stereocenters. The van der Waals surface area contributed by atoms with Crippen molar-refractivity contribution < 1.29 is 18.3 Å². The second-order valence-electron chi connectivity index (χ2n) is 7.83. The normalized spacial score (nSPS) is 18.3. The van der Waals surface area contributed by atoms with E-state index in [0.717, 1.165) is 54.9 Å². The van der Waals surface area contributed by atoms with Gasteiger partial charge in [0.05, 0.1) is 15.8 Å². The molecule has 160 valence electrons. The molecule has 0 saturated carbocycles. The number of nitrogens with zero attached hydrogens (tertiary/aromatic N) is 3. The Kier molecular flexibility index (Phi) is 5.63. The number of aryl methyl sites for hydroxylation is 1. The van der Waals surface area contributed by atoms with E-state index in [2.05, 4.69) is 27.8 Å². The predicted octanol–water partition coefficient (Wildman–Crippen LogP) is 5.43. The molecule has 0 amide bonds. The van der Waals surface area contributed by atoms with Crippen molar-refractivity contribution in [3.63, 3.8) is 0 Å². The van der Waals surface area contributed by atoms with Crippen LogP contribution in [0.1, 0.15) is 30.0 Å². The lowest BCUT2D eigenvalue weighted by Gasteiger charge is -2.41. The summed E-state index contributed by atoms with van der Waals surface area (Å²) in [7, 11) is 0. The quantitative estimate of drug-likeness (QED) is 0.593. The third kappa shape index (κ3) is 4.39. The number of thiazole rings is 1. The molecule has 0 unspecified atom stereocenters. The lowest BCUT2D eigenvalue weighted by atomic mass is 10.1. The van der Waals surface area contributed by atoms with E-state index in [1.54, 1.807) is 12.1 Å². The van der Waals surface area contributed by atoms with Gasteiger partial charge in [-0.2, -0.15) is 13.2 Å². The first kappa shape index (κ1) is 20.9. The van der Waals surface area contributed by atoms with E-state index in [-0.39, 0.29) is 5.75 Å². The number of rotatable bonds is 4. The minimum atomic E-state index is -4.35. The van der Waals surface area contributed by atoms with Crippen molar-refractivity contribution in [2.45, 2.75) is 39.0 Å². The molecule has 1 N–H and O–H groups in total. The zero-order valence-electron chi connectivity index (χ0n) is 16.9. The maximum absolute atomic E-state index is 13.0. The summed E-state index contributed by atoms with van der Waals surface area (Å²) in [5.74, 6) is 0.282. The van der Waals surface area contributed by atoms with Gasteiger partial charge in [-0.05, 0) is 54.8 Å². The van der Waals surface area contributed by atoms with Gasteiger partial charge in [0, 0.05) is 32.2 Å². The first-order valence-corrected chi connectivity index (χ1v) is 10.8. The van der Waals surface area contributed by atoms with Crippen LogP contribution in [0.2, 0.25) is 0 Å². The minimum absolute atomic E-state index is 0.282. The molecule has 0 spiro atoms. The lowest BCUT2D eigenvalue weighted by Crippen LogP contribution is -2.52. The monoisotopic (exact) mass is 435 g/mol. The Labute approximate surface area is 177 Å². The van der Waals surface area contributed by atoms with Gasteiger partial charge in [-0.3, -0.25) is 4.90 Å². The molecule has 1 aromatic heterocycles. The van der Waals surface area contributed by atoms with E-state index in [1.165, 1.54) is 23.5 Å². The highest BCUT2D eigenvalue weighted by atomic mass is 32.1. The van der Waals surface area contributed by atoms with E-state index in [9.17, 15) is 18.3 Å². The number of fused-ring (bicyclic) bond motifs is 1. The largest absolute Gasteiger partial charge is 0.508 e. The highest BCUT2D eigenvalue weighted by Gasteiger charge is 2.31. The van der Waals surface area contributed by atoms with E-state index < -0.39 is 11.7 Å². The Bertz CT molecular complexity index is 1030. The van der Waals surface area contributed by atoms with Crippen LogP contribution in [-0.4, -0.2) is 40.7 Å². The molecular weight excluding hydrogens is 411 g/mol. The van der Waals surface area contributed by atoms with Gasteiger partial charge < -0.3 is 10.0 Å². The van der Waals surface area contributed by atoms with Crippen LogP contribution in [0.5, 0.6) is 5.75 Å². The van der Waals surface area contributed by atoms with Crippen LogP contribution in [0.4, 0.5) is 18.3 Å². The van der Waals surface area contributed by atoms with Crippen LogP contribution in [-0.2, 0) is 12.7 Å². The summed E-state index contributed by atoms with van der Waals surface area (Å²) in [4.78, 5) is 9.17. The zero-order chi connectivity index (χ0) is 21.5. The number of phenolic OH excluding ortho intramolecular Hbond substituents is 1. The molecule has 1 aliphatic rings. The highest BCUT2D eigenvalue weighted by Crippen LogP contribution is 2.36. The summed E-state index contributed by atoms with van der Waals surface area (Å²) >= 11 is 1.32. The van der Waals surface area contributed by atoms with E-state index >= 15 is 0 Å². The number of alkyl halides is 3. The lowest BCUT2D eigenvalue weighted by molar-refractivity contribution is -0.137. The number of hydrogen-bond acceptors (Lipinski definition) is 5. The third-order valence-corrected chi connectivity index (χ3v) is 6.64.